The second-order valence-electron chi connectivity index (χ2n) is 4.44. The lowest BCUT2D eigenvalue weighted by Crippen LogP contribution is -2.08. The van der Waals surface area contributed by atoms with E-state index in [2.05, 4.69) is 0 Å². The van der Waals surface area contributed by atoms with E-state index in [9.17, 15) is 9.59 Å². The second-order valence-corrected chi connectivity index (χ2v) is 4.44. The molecule has 1 aromatic carbocycles. The molecule has 0 aliphatic carbocycles. The molecule has 0 spiro atoms. The number of hydrogen-bond donors (Lipinski definition) is 0. The first-order valence-corrected chi connectivity index (χ1v) is 6.79. The molecule has 0 radical (unpaired) electrons. The summed E-state index contributed by atoms with van der Waals surface area (Å²) in [5.74, 6) is 0.790. The van der Waals surface area contributed by atoms with Gasteiger partial charge in [-0.05, 0) is 25.1 Å². The zero-order valence-electron chi connectivity index (χ0n) is 11.5. The molecule has 0 bridgehead atoms. The van der Waals surface area contributed by atoms with Crippen molar-refractivity contribution in [1.29, 1.82) is 0 Å². The van der Waals surface area contributed by atoms with Crippen LogP contribution < -0.4 is 9.47 Å². The van der Waals surface area contributed by atoms with Gasteiger partial charge < -0.3 is 14.2 Å². The van der Waals surface area contributed by atoms with Gasteiger partial charge in [0.25, 0.3) is 0 Å². The van der Waals surface area contributed by atoms with Crippen LogP contribution in [0.25, 0.3) is 0 Å². The summed E-state index contributed by atoms with van der Waals surface area (Å²) in [6.07, 6.45) is 1.06. The van der Waals surface area contributed by atoms with E-state index in [1.807, 2.05) is 0 Å². The van der Waals surface area contributed by atoms with E-state index in [-0.39, 0.29) is 24.6 Å². The van der Waals surface area contributed by atoms with Crippen molar-refractivity contribution in [2.45, 2.75) is 26.2 Å². The Balaban J connectivity index is 2.00. The van der Waals surface area contributed by atoms with Crippen molar-refractivity contribution in [2.75, 3.05) is 19.8 Å². The highest BCUT2D eigenvalue weighted by atomic mass is 16.5. The molecule has 5 heteroatoms. The van der Waals surface area contributed by atoms with Crippen molar-refractivity contribution in [1.82, 2.24) is 0 Å². The Hall–Kier alpha value is -2.04. The largest absolute Gasteiger partial charge is 0.490 e. The molecule has 0 fully saturated rings. The third-order valence-electron chi connectivity index (χ3n) is 2.93. The van der Waals surface area contributed by atoms with Crippen LogP contribution in [-0.4, -0.2) is 31.6 Å². The first-order chi connectivity index (χ1) is 9.70. The van der Waals surface area contributed by atoms with Crippen LogP contribution >= 0.6 is 0 Å². The van der Waals surface area contributed by atoms with Crippen LogP contribution in [0.1, 0.15) is 36.5 Å². The van der Waals surface area contributed by atoms with Gasteiger partial charge in [-0.2, -0.15) is 0 Å². The SMILES string of the molecule is CCOC(=O)CCC(=O)c1ccc2c(c1)OCCCO2. The molecule has 2 rings (SSSR count). The molecule has 108 valence electrons. The fourth-order valence-corrected chi connectivity index (χ4v) is 1.93. The van der Waals surface area contributed by atoms with Crippen LogP contribution in [0.5, 0.6) is 11.5 Å². The average molecular weight is 278 g/mol. The molecule has 1 aliphatic heterocycles. The predicted octanol–water partition coefficient (Wildman–Crippen LogP) is 2.37. The number of ether oxygens (including phenoxy) is 3. The van der Waals surface area contributed by atoms with Gasteiger partial charge in [-0.25, -0.2) is 0 Å². The lowest BCUT2D eigenvalue weighted by Gasteiger charge is -2.08. The second kappa shape index (κ2) is 6.93. The highest BCUT2D eigenvalue weighted by molar-refractivity contribution is 5.98. The minimum absolute atomic E-state index is 0.0983. The third kappa shape index (κ3) is 3.73. The Morgan fingerprint density at radius 3 is 2.65 bits per heavy atom. The Morgan fingerprint density at radius 1 is 1.15 bits per heavy atom. The van der Waals surface area contributed by atoms with Gasteiger partial charge in [-0.3, -0.25) is 9.59 Å². The van der Waals surface area contributed by atoms with Crippen LogP contribution in [0.3, 0.4) is 0 Å². The molecular formula is C15H18O5. The number of benzene rings is 1. The topological polar surface area (TPSA) is 61.8 Å². The monoisotopic (exact) mass is 278 g/mol. The summed E-state index contributed by atoms with van der Waals surface area (Å²) >= 11 is 0. The average Bonchev–Trinajstić information content (AvgIpc) is 2.69. The Labute approximate surface area is 117 Å². The number of Topliss-reactive ketones (excluding diaryl/α,β-unsaturated/α-hetero) is 1. The quantitative estimate of drug-likeness (QED) is 0.611. The third-order valence-corrected chi connectivity index (χ3v) is 2.93. The van der Waals surface area contributed by atoms with Gasteiger partial charge in [0.1, 0.15) is 0 Å². The van der Waals surface area contributed by atoms with Crippen LogP contribution in [-0.2, 0) is 9.53 Å². The number of fused-ring (bicyclic) bond motifs is 1. The van der Waals surface area contributed by atoms with Gasteiger partial charge in [-0.15, -0.1) is 0 Å². The molecule has 0 amide bonds. The summed E-state index contributed by atoms with van der Waals surface area (Å²) in [6.45, 7) is 3.26. The molecule has 0 N–H and O–H groups in total. The molecule has 0 saturated carbocycles. The smallest absolute Gasteiger partial charge is 0.306 e. The van der Waals surface area contributed by atoms with E-state index >= 15 is 0 Å². The van der Waals surface area contributed by atoms with Crippen molar-refractivity contribution in [3.05, 3.63) is 23.8 Å². The molecule has 0 unspecified atom stereocenters. The van der Waals surface area contributed by atoms with Crippen molar-refractivity contribution in [3.8, 4) is 11.5 Å². The van der Waals surface area contributed by atoms with Crippen LogP contribution in [0, 0.1) is 0 Å². The molecule has 1 aliphatic rings. The van der Waals surface area contributed by atoms with E-state index in [4.69, 9.17) is 14.2 Å². The maximum atomic E-state index is 12.0. The Kier molecular flexibility index (Phi) is 4.98. The van der Waals surface area contributed by atoms with Gasteiger partial charge in [0.05, 0.1) is 26.2 Å². The number of ketones is 1. The van der Waals surface area contributed by atoms with Gasteiger partial charge >= 0.3 is 5.97 Å². The molecule has 0 atom stereocenters. The first kappa shape index (κ1) is 14.4. The van der Waals surface area contributed by atoms with Crippen molar-refractivity contribution in [2.24, 2.45) is 0 Å². The Morgan fingerprint density at radius 2 is 1.90 bits per heavy atom. The maximum Gasteiger partial charge on any atom is 0.306 e. The minimum atomic E-state index is -0.352. The summed E-state index contributed by atoms with van der Waals surface area (Å²) < 4.78 is 15.8. The van der Waals surface area contributed by atoms with Gasteiger partial charge in [0, 0.05) is 18.4 Å². The lowest BCUT2D eigenvalue weighted by molar-refractivity contribution is -0.143. The molecule has 0 saturated heterocycles. The van der Waals surface area contributed by atoms with Gasteiger partial charge in [-0.1, -0.05) is 0 Å². The zero-order chi connectivity index (χ0) is 14.4. The fourth-order valence-electron chi connectivity index (χ4n) is 1.93. The summed E-state index contributed by atoms with van der Waals surface area (Å²) in [5, 5.41) is 0. The van der Waals surface area contributed by atoms with Gasteiger partial charge in [0.15, 0.2) is 17.3 Å². The van der Waals surface area contributed by atoms with E-state index < -0.39 is 0 Å². The summed E-state index contributed by atoms with van der Waals surface area (Å²) in [7, 11) is 0. The molecule has 1 heterocycles. The van der Waals surface area contributed by atoms with Crippen molar-refractivity contribution >= 4 is 11.8 Å². The first-order valence-electron chi connectivity index (χ1n) is 6.79. The van der Waals surface area contributed by atoms with Gasteiger partial charge in [0.2, 0.25) is 0 Å². The molecular weight excluding hydrogens is 260 g/mol. The Bertz CT molecular complexity index is 495. The fraction of sp³-hybridized carbons (Fsp3) is 0.467. The normalized spacial score (nSPS) is 13.4. The van der Waals surface area contributed by atoms with Crippen LogP contribution in [0.4, 0.5) is 0 Å². The number of hydrogen-bond acceptors (Lipinski definition) is 5. The highest BCUT2D eigenvalue weighted by Gasteiger charge is 2.15. The number of rotatable bonds is 5. The van der Waals surface area contributed by atoms with E-state index in [1.54, 1.807) is 25.1 Å². The summed E-state index contributed by atoms with van der Waals surface area (Å²) in [4.78, 5) is 23.3. The molecule has 20 heavy (non-hydrogen) atoms. The van der Waals surface area contributed by atoms with E-state index in [0.29, 0.717) is 36.9 Å². The van der Waals surface area contributed by atoms with E-state index in [0.717, 1.165) is 6.42 Å². The number of esters is 1. The zero-order valence-corrected chi connectivity index (χ0v) is 11.5. The maximum absolute atomic E-state index is 12.0. The summed E-state index contributed by atoms with van der Waals surface area (Å²) in [6, 6.07) is 5.10. The minimum Gasteiger partial charge on any atom is -0.490 e. The van der Waals surface area contributed by atoms with Crippen molar-refractivity contribution < 1.29 is 23.8 Å². The molecule has 1 aromatic rings. The molecule has 5 nitrogen and oxygen atoms in total. The van der Waals surface area contributed by atoms with Crippen LogP contribution in [0.15, 0.2) is 18.2 Å². The van der Waals surface area contributed by atoms with E-state index in [1.165, 1.54) is 0 Å². The molecule has 0 aromatic heterocycles. The number of carbonyl (C=O) groups excluding carboxylic acids is 2. The van der Waals surface area contributed by atoms with Crippen molar-refractivity contribution in [3.63, 3.8) is 0 Å². The number of carbonyl (C=O) groups is 2. The lowest BCUT2D eigenvalue weighted by atomic mass is 10.1. The van der Waals surface area contributed by atoms with Crippen LogP contribution in [0.2, 0.25) is 0 Å². The standard InChI is InChI=1S/C15H18O5/c1-2-18-15(17)7-5-12(16)11-4-6-13-14(10-11)20-9-3-8-19-13/h4,6,10H,2-3,5,7-9H2,1H3. The highest BCUT2D eigenvalue weighted by Crippen LogP contribution is 2.30. The summed E-state index contributed by atoms with van der Waals surface area (Å²) in [5.41, 5.74) is 0.526. The predicted molar refractivity (Wildman–Crippen MR) is 72.2 cm³/mol.